The Morgan fingerprint density at radius 3 is 2.69 bits per heavy atom. The van der Waals surface area contributed by atoms with E-state index in [0.29, 0.717) is 0 Å². The number of imidazole rings is 1. The van der Waals surface area contributed by atoms with Crippen molar-refractivity contribution in [3.63, 3.8) is 0 Å². The van der Waals surface area contributed by atoms with Crippen molar-refractivity contribution in [2.24, 2.45) is 0 Å². The van der Waals surface area contributed by atoms with E-state index in [4.69, 9.17) is 11.6 Å². The smallest absolute Gasteiger partial charge is 0.133 e. The van der Waals surface area contributed by atoms with E-state index in [0.717, 1.165) is 58.7 Å². The lowest BCUT2D eigenvalue weighted by Gasteiger charge is -2.14. The van der Waals surface area contributed by atoms with Crippen molar-refractivity contribution in [2.45, 2.75) is 26.7 Å². The van der Waals surface area contributed by atoms with Gasteiger partial charge in [0.2, 0.25) is 0 Å². The number of H-pyrrole nitrogens is 1. The third kappa shape index (κ3) is 4.66. The SMILES string of the molecule is Cc1nc(C)c(Cc2ccc(Cl)cc2)c(NCCc2[nH]cnc2-c2cccs2)n1. The summed E-state index contributed by atoms with van der Waals surface area (Å²) in [6.45, 7) is 4.72. The van der Waals surface area contributed by atoms with Gasteiger partial charge in [-0.1, -0.05) is 29.8 Å². The minimum Gasteiger partial charge on any atom is -0.369 e. The van der Waals surface area contributed by atoms with Crippen LogP contribution in [0.3, 0.4) is 0 Å². The molecule has 0 atom stereocenters. The average molecular weight is 424 g/mol. The summed E-state index contributed by atoms with van der Waals surface area (Å²) in [5.41, 5.74) is 5.44. The fraction of sp³-hybridized carbons (Fsp3) is 0.227. The van der Waals surface area contributed by atoms with E-state index >= 15 is 0 Å². The Morgan fingerprint density at radius 2 is 1.93 bits per heavy atom. The summed E-state index contributed by atoms with van der Waals surface area (Å²) in [5.74, 6) is 1.66. The maximum atomic E-state index is 6.02. The topological polar surface area (TPSA) is 66.5 Å². The van der Waals surface area contributed by atoms with Crippen LogP contribution in [0.2, 0.25) is 5.02 Å². The molecule has 0 spiro atoms. The summed E-state index contributed by atoms with van der Waals surface area (Å²) in [6, 6.07) is 12.1. The maximum absolute atomic E-state index is 6.02. The number of rotatable bonds is 7. The number of nitrogens with zero attached hydrogens (tertiary/aromatic N) is 3. The van der Waals surface area contributed by atoms with Gasteiger partial charge in [-0.2, -0.15) is 0 Å². The van der Waals surface area contributed by atoms with E-state index in [1.807, 2.05) is 44.2 Å². The minimum atomic E-state index is 0.741. The first-order valence-corrected chi connectivity index (χ1v) is 10.7. The molecule has 0 radical (unpaired) electrons. The van der Waals surface area contributed by atoms with E-state index in [1.54, 1.807) is 17.7 Å². The lowest BCUT2D eigenvalue weighted by molar-refractivity contribution is 0.922. The number of hydrogen-bond acceptors (Lipinski definition) is 5. The largest absolute Gasteiger partial charge is 0.369 e. The Labute approximate surface area is 179 Å². The zero-order valence-corrected chi connectivity index (χ0v) is 17.9. The van der Waals surface area contributed by atoms with Crippen LogP contribution in [0.1, 0.15) is 28.3 Å². The summed E-state index contributed by atoms with van der Waals surface area (Å²) >= 11 is 7.72. The van der Waals surface area contributed by atoms with E-state index in [2.05, 4.69) is 36.7 Å². The van der Waals surface area contributed by atoms with Crippen molar-refractivity contribution in [1.29, 1.82) is 0 Å². The normalized spacial score (nSPS) is 11.0. The molecular formula is C22H22ClN5S. The van der Waals surface area contributed by atoms with Crippen LogP contribution >= 0.6 is 22.9 Å². The molecule has 0 bridgehead atoms. The molecular weight excluding hydrogens is 402 g/mol. The number of aromatic amines is 1. The van der Waals surface area contributed by atoms with Crippen LogP contribution in [-0.4, -0.2) is 26.5 Å². The molecule has 0 aliphatic rings. The molecule has 0 saturated carbocycles. The van der Waals surface area contributed by atoms with Gasteiger partial charge >= 0.3 is 0 Å². The van der Waals surface area contributed by atoms with Crippen LogP contribution < -0.4 is 5.32 Å². The molecule has 0 unspecified atom stereocenters. The molecule has 29 heavy (non-hydrogen) atoms. The van der Waals surface area contributed by atoms with Crippen molar-refractivity contribution in [3.05, 3.63) is 81.5 Å². The maximum Gasteiger partial charge on any atom is 0.133 e. The summed E-state index contributed by atoms with van der Waals surface area (Å²) in [5, 5.41) is 6.33. The highest BCUT2D eigenvalue weighted by Gasteiger charge is 2.13. The fourth-order valence-corrected chi connectivity index (χ4v) is 4.22. The molecule has 0 fully saturated rings. The minimum absolute atomic E-state index is 0.741. The van der Waals surface area contributed by atoms with Gasteiger partial charge in [0, 0.05) is 41.4 Å². The first kappa shape index (κ1) is 19.6. The van der Waals surface area contributed by atoms with Gasteiger partial charge in [-0.25, -0.2) is 15.0 Å². The van der Waals surface area contributed by atoms with Crippen molar-refractivity contribution in [3.8, 4) is 10.6 Å². The van der Waals surface area contributed by atoms with Gasteiger partial charge in [0.05, 0.1) is 11.2 Å². The van der Waals surface area contributed by atoms with E-state index in [9.17, 15) is 0 Å². The van der Waals surface area contributed by atoms with Gasteiger partial charge in [0.25, 0.3) is 0 Å². The monoisotopic (exact) mass is 423 g/mol. The van der Waals surface area contributed by atoms with Crippen molar-refractivity contribution >= 4 is 28.8 Å². The highest BCUT2D eigenvalue weighted by atomic mass is 35.5. The fourth-order valence-electron chi connectivity index (χ4n) is 3.34. The lowest BCUT2D eigenvalue weighted by Crippen LogP contribution is -2.12. The van der Waals surface area contributed by atoms with E-state index in [-0.39, 0.29) is 0 Å². The van der Waals surface area contributed by atoms with Gasteiger partial charge in [-0.15, -0.1) is 11.3 Å². The molecule has 0 amide bonds. The second kappa shape index (κ2) is 8.76. The number of anilines is 1. The molecule has 0 aliphatic carbocycles. The third-order valence-corrected chi connectivity index (χ3v) is 5.89. The Hall–Kier alpha value is -2.70. The van der Waals surface area contributed by atoms with Gasteiger partial charge in [0.15, 0.2) is 0 Å². The number of thiophene rings is 1. The number of aromatic nitrogens is 4. The molecule has 7 heteroatoms. The van der Waals surface area contributed by atoms with Crippen molar-refractivity contribution in [2.75, 3.05) is 11.9 Å². The van der Waals surface area contributed by atoms with E-state index < -0.39 is 0 Å². The van der Waals surface area contributed by atoms with Crippen molar-refractivity contribution < 1.29 is 0 Å². The molecule has 5 nitrogen and oxygen atoms in total. The Morgan fingerprint density at radius 1 is 1.10 bits per heavy atom. The average Bonchev–Trinajstić information content (AvgIpc) is 3.37. The molecule has 4 aromatic rings. The van der Waals surface area contributed by atoms with Crippen molar-refractivity contribution in [1.82, 2.24) is 19.9 Å². The molecule has 1 aromatic carbocycles. The number of hydrogen-bond donors (Lipinski definition) is 2. The molecule has 148 valence electrons. The molecule has 0 aliphatic heterocycles. The zero-order valence-electron chi connectivity index (χ0n) is 16.4. The third-order valence-electron chi connectivity index (χ3n) is 4.76. The van der Waals surface area contributed by atoms with Gasteiger partial charge < -0.3 is 10.3 Å². The Kier molecular flexibility index (Phi) is 5.92. The summed E-state index contributed by atoms with van der Waals surface area (Å²) < 4.78 is 0. The van der Waals surface area contributed by atoms with Crippen LogP contribution in [0, 0.1) is 13.8 Å². The Bertz CT molecular complexity index is 1090. The number of aryl methyl sites for hydroxylation is 2. The lowest BCUT2D eigenvalue weighted by atomic mass is 10.0. The summed E-state index contributed by atoms with van der Waals surface area (Å²) in [6.07, 6.45) is 3.35. The summed E-state index contributed by atoms with van der Waals surface area (Å²) in [4.78, 5) is 18.2. The van der Waals surface area contributed by atoms with Crippen LogP contribution in [0.4, 0.5) is 5.82 Å². The molecule has 3 heterocycles. The Balaban J connectivity index is 1.50. The van der Waals surface area contributed by atoms with Crippen LogP contribution in [0.5, 0.6) is 0 Å². The van der Waals surface area contributed by atoms with E-state index in [1.165, 1.54) is 10.4 Å². The number of benzene rings is 1. The molecule has 0 saturated heterocycles. The van der Waals surface area contributed by atoms with Crippen LogP contribution in [-0.2, 0) is 12.8 Å². The molecule has 3 aromatic heterocycles. The summed E-state index contributed by atoms with van der Waals surface area (Å²) in [7, 11) is 0. The number of halogens is 1. The predicted molar refractivity (Wildman–Crippen MR) is 120 cm³/mol. The molecule has 2 N–H and O–H groups in total. The van der Waals surface area contributed by atoms with Crippen LogP contribution in [0.25, 0.3) is 10.6 Å². The number of nitrogens with one attached hydrogen (secondary N) is 2. The quantitative estimate of drug-likeness (QED) is 0.415. The first-order chi connectivity index (χ1) is 14.1. The van der Waals surface area contributed by atoms with Gasteiger partial charge in [-0.3, -0.25) is 0 Å². The second-order valence-corrected chi connectivity index (χ2v) is 8.25. The predicted octanol–water partition coefficient (Wildman–Crippen LogP) is 5.44. The highest BCUT2D eigenvalue weighted by Crippen LogP contribution is 2.26. The zero-order chi connectivity index (χ0) is 20.2. The van der Waals surface area contributed by atoms with Gasteiger partial charge in [0.1, 0.15) is 17.3 Å². The second-order valence-electron chi connectivity index (χ2n) is 6.87. The van der Waals surface area contributed by atoms with Gasteiger partial charge in [-0.05, 0) is 43.0 Å². The standard InChI is InChI=1S/C22H22ClN5S/c1-14-18(12-16-5-7-17(23)8-6-16)22(28-15(2)27-14)24-10-9-19-21(26-13-25-19)20-4-3-11-29-20/h3-8,11,13H,9-10,12H2,1-2H3,(H,25,26)(H,24,27,28). The molecule has 4 rings (SSSR count). The van der Waals surface area contributed by atoms with Crippen LogP contribution in [0.15, 0.2) is 48.1 Å². The first-order valence-electron chi connectivity index (χ1n) is 9.48. The highest BCUT2D eigenvalue weighted by molar-refractivity contribution is 7.13.